The predicted octanol–water partition coefficient (Wildman–Crippen LogP) is 5.07. The number of rotatable bonds is 3. The Labute approximate surface area is 451 Å². The van der Waals surface area contributed by atoms with Crippen molar-refractivity contribution in [3.8, 4) is 0 Å². The number of hydrogen-bond donors (Lipinski definition) is 2. The van der Waals surface area contributed by atoms with Crippen LogP contribution in [-0.2, 0) is 80.6 Å². The third-order valence-electron chi connectivity index (χ3n) is 21.2. The average Bonchev–Trinajstić information content (AvgIpc) is 4.41. The van der Waals surface area contributed by atoms with Gasteiger partial charge in [-0.3, -0.25) is 4.79 Å². The van der Waals surface area contributed by atoms with Crippen LogP contribution in [0.1, 0.15) is 137 Å². The summed E-state index contributed by atoms with van der Waals surface area (Å²) in [4.78, 5) is 14.5. The fraction of sp³-hybridized carbons (Fsp3) is 0.914. The maximum atomic E-state index is 14.5. The van der Waals surface area contributed by atoms with Crippen molar-refractivity contribution < 1.29 is 85.7 Å². The van der Waals surface area contributed by atoms with Crippen LogP contribution < -0.4 is 5.73 Å². The highest BCUT2D eigenvalue weighted by Crippen LogP contribution is 2.57. The normalized spacial score (nSPS) is 57.9. The molecule has 0 saturated carbocycles. The quantitative estimate of drug-likeness (QED) is 0.279. The van der Waals surface area contributed by atoms with Crippen LogP contribution in [0.4, 0.5) is 0 Å². The summed E-state index contributed by atoms with van der Waals surface area (Å²) < 4.78 is 110. The van der Waals surface area contributed by atoms with Crippen molar-refractivity contribution in [3.63, 3.8) is 0 Å². The summed E-state index contributed by atoms with van der Waals surface area (Å²) in [5.74, 6) is -2.89. The first-order valence-electron chi connectivity index (χ1n) is 30.0. The van der Waals surface area contributed by atoms with E-state index in [0.717, 1.165) is 43.3 Å². The lowest BCUT2D eigenvalue weighted by Crippen LogP contribution is -2.62. The second-order valence-electron chi connectivity index (χ2n) is 26.6. The van der Waals surface area contributed by atoms with Gasteiger partial charge >= 0.3 is 5.97 Å². The van der Waals surface area contributed by atoms with Gasteiger partial charge in [0.2, 0.25) is 0 Å². The molecule has 0 aromatic rings. The standard InChI is InChI=1S/C58H83NO18/c1-25-15-31-7-9-35-26(2)16-33(62-35)11-13-56-22-41-50(75-56)51-52(67-41)53(76-56)49-36(65-51)10-8-32(64-49)17-44(61)70-47-30(6)48-55(69-39(47)18-37(63-31)29(25)5)71-54-43(68-48)24-58(77-54)23-42-46(74-58)28(4)21-57(73-42)20-27(3)45-40(72-57)19-38(66-45)34(60)12-14-59/h25,27-28,30-43,45-55,60H,2,5,7-24,59H2,1,3-4,6H3. The van der Waals surface area contributed by atoms with Crippen LogP contribution in [0.5, 0.6) is 0 Å². The van der Waals surface area contributed by atoms with Gasteiger partial charge in [-0.05, 0) is 86.8 Å². The number of carbonyl (C=O) groups excluding carboxylic acids is 1. The molecule has 0 radical (unpaired) electrons. The summed E-state index contributed by atoms with van der Waals surface area (Å²) in [6.45, 7) is 18.1. The zero-order valence-corrected chi connectivity index (χ0v) is 45.3. The summed E-state index contributed by atoms with van der Waals surface area (Å²) >= 11 is 0. The second kappa shape index (κ2) is 19.4. The second-order valence-corrected chi connectivity index (χ2v) is 26.6. The third kappa shape index (κ3) is 8.94. The Morgan fingerprint density at radius 3 is 2.09 bits per heavy atom. The van der Waals surface area contributed by atoms with Crippen molar-refractivity contribution in [3.05, 3.63) is 24.3 Å². The lowest BCUT2D eigenvalue weighted by molar-refractivity contribution is -0.392. The molecule has 31 unspecified atom stereocenters. The van der Waals surface area contributed by atoms with Crippen molar-refractivity contribution in [2.75, 3.05) is 6.54 Å². The molecule has 16 saturated heterocycles. The van der Waals surface area contributed by atoms with Crippen LogP contribution in [0.15, 0.2) is 24.3 Å². The van der Waals surface area contributed by atoms with E-state index < -0.39 is 78.8 Å². The maximum absolute atomic E-state index is 14.5. The highest BCUT2D eigenvalue weighted by atomic mass is 16.9. The van der Waals surface area contributed by atoms with Gasteiger partial charge in [0, 0.05) is 57.3 Å². The van der Waals surface area contributed by atoms with Crippen molar-refractivity contribution in [2.24, 2.45) is 29.4 Å². The minimum atomic E-state index is -1.01. The van der Waals surface area contributed by atoms with Crippen LogP contribution in [0.2, 0.25) is 0 Å². The van der Waals surface area contributed by atoms with Gasteiger partial charge in [0.1, 0.15) is 54.9 Å². The molecule has 16 heterocycles. The molecule has 16 fully saturated rings. The lowest BCUT2D eigenvalue weighted by atomic mass is 9.80. The van der Waals surface area contributed by atoms with Gasteiger partial charge < -0.3 is 86.6 Å². The highest BCUT2D eigenvalue weighted by molar-refractivity contribution is 5.70. The molecule has 31 atom stereocenters. The predicted molar refractivity (Wildman–Crippen MR) is 266 cm³/mol. The minimum absolute atomic E-state index is 0.0105. The highest BCUT2D eigenvalue weighted by Gasteiger charge is 2.70. The Kier molecular flexibility index (Phi) is 13.1. The van der Waals surface area contributed by atoms with Crippen molar-refractivity contribution in [2.45, 2.75) is 301 Å². The van der Waals surface area contributed by atoms with E-state index in [1.165, 1.54) is 0 Å². The van der Waals surface area contributed by atoms with E-state index in [4.69, 9.17) is 81.5 Å². The zero-order chi connectivity index (χ0) is 52.4. The number of esters is 1. The number of nitrogens with two attached hydrogens (primary N) is 1. The van der Waals surface area contributed by atoms with Gasteiger partial charge in [-0.2, -0.15) is 0 Å². The Hall–Kier alpha value is -1.73. The van der Waals surface area contributed by atoms with Gasteiger partial charge in [-0.1, -0.05) is 40.9 Å². The first-order chi connectivity index (χ1) is 37.1. The molecule has 3 N–H and O–H groups in total. The number of aliphatic hydroxyl groups is 1. The molecule has 16 aliphatic heterocycles. The van der Waals surface area contributed by atoms with E-state index in [9.17, 15) is 9.90 Å². The summed E-state index contributed by atoms with van der Waals surface area (Å²) in [7, 11) is 0. The maximum Gasteiger partial charge on any atom is 0.308 e. The minimum Gasteiger partial charge on any atom is -0.459 e. The first-order valence-corrected chi connectivity index (χ1v) is 30.0. The summed E-state index contributed by atoms with van der Waals surface area (Å²) in [6, 6.07) is 0. The van der Waals surface area contributed by atoms with Gasteiger partial charge in [0.15, 0.2) is 29.9 Å². The van der Waals surface area contributed by atoms with Gasteiger partial charge in [-0.15, -0.1) is 0 Å². The van der Waals surface area contributed by atoms with Gasteiger partial charge in [0.25, 0.3) is 0 Å². The number of hydrogen-bond acceptors (Lipinski definition) is 19. The Bertz CT molecular complexity index is 2290. The van der Waals surface area contributed by atoms with Crippen LogP contribution in [-0.4, -0.2) is 182 Å². The van der Waals surface area contributed by atoms with Gasteiger partial charge in [0.05, 0.1) is 85.8 Å². The molecule has 0 aliphatic carbocycles. The van der Waals surface area contributed by atoms with Crippen LogP contribution in [0, 0.1) is 23.7 Å². The van der Waals surface area contributed by atoms with E-state index >= 15 is 0 Å². The Morgan fingerprint density at radius 2 is 1.23 bits per heavy atom. The zero-order valence-electron chi connectivity index (χ0n) is 45.3. The average molecular weight is 1080 g/mol. The number of aliphatic hydroxyl groups excluding tert-OH is 1. The molecule has 19 nitrogen and oxygen atoms in total. The molecule has 19 heteroatoms. The smallest absolute Gasteiger partial charge is 0.308 e. The van der Waals surface area contributed by atoms with E-state index in [0.29, 0.717) is 77.2 Å². The summed E-state index contributed by atoms with van der Waals surface area (Å²) in [5.41, 5.74) is 7.90. The van der Waals surface area contributed by atoms with Crippen molar-refractivity contribution in [1.29, 1.82) is 0 Å². The Morgan fingerprint density at radius 1 is 0.532 bits per heavy atom. The van der Waals surface area contributed by atoms with Crippen LogP contribution in [0.25, 0.3) is 0 Å². The van der Waals surface area contributed by atoms with Crippen molar-refractivity contribution in [1.82, 2.24) is 0 Å². The number of carbonyl (C=O) groups is 1. The largest absolute Gasteiger partial charge is 0.459 e. The fourth-order valence-corrected chi connectivity index (χ4v) is 17.5. The molecule has 16 aliphatic rings. The van der Waals surface area contributed by atoms with Gasteiger partial charge in [-0.25, -0.2) is 0 Å². The topological polar surface area (TPSA) is 211 Å². The molecule has 3 spiro atoms. The van der Waals surface area contributed by atoms with E-state index in [2.05, 4.69) is 40.9 Å². The molecule has 16 rings (SSSR count). The molecule has 0 aromatic heterocycles. The summed E-state index contributed by atoms with van der Waals surface area (Å²) in [6.07, 6.45) is 1.98. The van der Waals surface area contributed by atoms with Crippen LogP contribution in [0.3, 0.4) is 0 Å². The van der Waals surface area contributed by atoms with E-state index in [-0.39, 0.29) is 122 Å². The van der Waals surface area contributed by atoms with E-state index in [1.54, 1.807) is 0 Å². The molecular weight excluding hydrogens is 999 g/mol. The Balaban J connectivity index is 0.663. The number of ether oxygens (including phenoxy) is 16. The molecule has 0 amide bonds. The SMILES string of the molecule is C=C1CC2CCC34CC5OC6C(OC7CCC(CC(=O)OC8C(CC9OC(CCC1O2)CC(C)C9=C)OC1OC2OC9(CC2OC1C8C)CC1OC2(CC(C)C8OC(C(O)CCN)CC8O2)CC(C)C1O9)OC7C6O3)C5O4. The van der Waals surface area contributed by atoms with Crippen molar-refractivity contribution >= 4 is 5.97 Å². The lowest BCUT2D eigenvalue weighted by Gasteiger charge is -2.50. The number of fused-ring (bicyclic) bond motifs is 10. The molecular formula is C58H83NO18. The van der Waals surface area contributed by atoms with Crippen LogP contribution >= 0.6 is 0 Å². The third-order valence-corrected chi connectivity index (χ3v) is 21.2. The summed E-state index contributed by atoms with van der Waals surface area (Å²) in [5, 5.41) is 10.8. The molecule has 77 heavy (non-hydrogen) atoms. The van der Waals surface area contributed by atoms with E-state index in [1.807, 2.05) is 0 Å². The molecule has 12 bridgehead atoms. The molecule has 0 aromatic carbocycles. The molecule has 428 valence electrons. The fourth-order valence-electron chi connectivity index (χ4n) is 17.5. The monoisotopic (exact) mass is 1080 g/mol. The first kappa shape index (κ1) is 52.1.